The van der Waals surface area contributed by atoms with Gasteiger partial charge in [0, 0.05) is 12.5 Å². The molecule has 1 N–H and O–H groups in total. The van der Waals surface area contributed by atoms with Crippen molar-refractivity contribution in [1.29, 1.82) is 0 Å². The van der Waals surface area contributed by atoms with Crippen LogP contribution in [0.1, 0.15) is 55.6 Å². The molecular weight excluding hydrogens is 326 g/mol. The smallest absolute Gasteiger partial charge is 0.306 e. The number of esters is 1. The quantitative estimate of drug-likeness (QED) is 0.605. The fourth-order valence-electron chi connectivity index (χ4n) is 3.03. The number of ketones is 1. The molecule has 0 bridgehead atoms. The molecule has 3 atom stereocenters. The lowest BCUT2D eigenvalue weighted by atomic mass is 9.78. The molecule has 5 nitrogen and oxygen atoms in total. The van der Waals surface area contributed by atoms with Crippen LogP contribution in [0.3, 0.4) is 0 Å². The molecule has 0 spiro atoms. The van der Waals surface area contributed by atoms with Crippen LogP contribution in [0, 0.1) is 11.8 Å². The fourth-order valence-corrected chi connectivity index (χ4v) is 3.72. The van der Waals surface area contributed by atoms with Crippen LogP contribution >= 0.6 is 11.3 Å². The Balaban J connectivity index is 1.66. The largest absolute Gasteiger partial charge is 0.456 e. The van der Waals surface area contributed by atoms with Gasteiger partial charge in [0.1, 0.15) is 0 Å². The Morgan fingerprint density at radius 2 is 2.04 bits per heavy atom. The normalized spacial score (nSPS) is 23.5. The van der Waals surface area contributed by atoms with Gasteiger partial charge in [0.15, 0.2) is 12.4 Å². The van der Waals surface area contributed by atoms with Crippen LogP contribution in [0.25, 0.3) is 0 Å². The van der Waals surface area contributed by atoms with E-state index in [0.717, 1.165) is 12.8 Å². The molecule has 132 valence electrons. The van der Waals surface area contributed by atoms with Gasteiger partial charge in [-0.05, 0) is 29.7 Å². The number of Topliss-reactive ketones (excluding diaryl/α,β-unsaturated/α-hetero) is 1. The third-order valence-electron chi connectivity index (χ3n) is 4.77. The van der Waals surface area contributed by atoms with Gasteiger partial charge in [0.05, 0.1) is 11.3 Å². The van der Waals surface area contributed by atoms with E-state index < -0.39 is 5.97 Å². The molecule has 2 rings (SSSR count). The van der Waals surface area contributed by atoms with E-state index in [1.165, 1.54) is 17.8 Å². The summed E-state index contributed by atoms with van der Waals surface area (Å²) in [6.07, 6.45) is 3.39. The molecule has 1 aliphatic carbocycles. The lowest BCUT2D eigenvalue weighted by Gasteiger charge is -2.34. The van der Waals surface area contributed by atoms with Gasteiger partial charge in [-0.2, -0.15) is 0 Å². The summed E-state index contributed by atoms with van der Waals surface area (Å²) in [5.41, 5.74) is 0. The minimum absolute atomic E-state index is 0.000872. The molecule has 1 heterocycles. The predicted octanol–water partition coefficient (Wildman–Crippen LogP) is 3.20. The number of nitrogens with one attached hydrogen (secondary N) is 1. The molecule has 1 fully saturated rings. The zero-order chi connectivity index (χ0) is 17.5. The van der Waals surface area contributed by atoms with Gasteiger partial charge in [0.2, 0.25) is 0 Å². The SMILES string of the molecule is C[C@H]1[C@H](C)CCC[C@H]1NC(=O)COC(=O)CCC(=O)c1cccs1. The average molecular weight is 351 g/mol. The van der Waals surface area contributed by atoms with Crippen LogP contribution < -0.4 is 5.32 Å². The zero-order valence-corrected chi connectivity index (χ0v) is 15.1. The number of thiophene rings is 1. The van der Waals surface area contributed by atoms with E-state index in [9.17, 15) is 14.4 Å². The molecular formula is C18H25NO4S. The molecule has 1 aromatic rings. The number of rotatable bonds is 7. The zero-order valence-electron chi connectivity index (χ0n) is 14.2. The van der Waals surface area contributed by atoms with Crippen LogP contribution in [-0.4, -0.2) is 30.3 Å². The lowest BCUT2D eigenvalue weighted by molar-refractivity contribution is -0.148. The molecule has 6 heteroatoms. The number of hydrogen-bond donors (Lipinski definition) is 1. The molecule has 0 aromatic carbocycles. The summed E-state index contributed by atoms with van der Waals surface area (Å²) in [4.78, 5) is 36.1. The first kappa shape index (κ1) is 18.6. The number of hydrogen-bond acceptors (Lipinski definition) is 5. The lowest BCUT2D eigenvalue weighted by Crippen LogP contribution is -2.45. The van der Waals surface area contributed by atoms with Gasteiger partial charge in [0.25, 0.3) is 5.91 Å². The molecule has 1 amide bonds. The van der Waals surface area contributed by atoms with E-state index in [0.29, 0.717) is 16.7 Å². The molecule has 0 saturated heterocycles. The van der Waals surface area contributed by atoms with E-state index >= 15 is 0 Å². The standard InChI is InChI=1S/C18H25NO4S/c1-12-5-3-6-14(13(12)2)19-17(21)11-23-18(22)9-8-15(20)16-7-4-10-24-16/h4,7,10,12-14H,3,5-6,8-9,11H2,1-2H3,(H,19,21)/t12-,13+,14-/m1/s1. The Bertz CT molecular complexity index is 570. The number of carbonyl (C=O) groups is 3. The van der Waals surface area contributed by atoms with Gasteiger partial charge >= 0.3 is 5.97 Å². The predicted molar refractivity (Wildman–Crippen MR) is 93.0 cm³/mol. The van der Waals surface area contributed by atoms with Crippen LogP contribution in [0.4, 0.5) is 0 Å². The minimum atomic E-state index is -0.514. The third kappa shape index (κ3) is 5.44. The molecule has 1 aromatic heterocycles. The molecule has 1 saturated carbocycles. The van der Waals surface area contributed by atoms with Crippen molar-refractivity contribution >= 4 is 29.0 Å². The van der Waals surface area contributed by atoms with Gasteiger partial charge in [-0.1, -0.05) is 32.8 Å². The topological polar surface area (TPSA) is 72.5 Å². The molecule has 24 heavy (non-hydrogen) atoms. The fraction of sp³-hybridized carbons (Fsp3) is 0.611. The summed E-state index contributed by atoms with van der Waals surface area (Å²) in [5.74, 6) is 0.173. The molecule has 0 radical (unpaired) electrons. The van der Waals surface area contributed by atoms with Crippen molar-refractivity contribution in [2.75, 3.05) is 6.61 Å². The Morgan fingerprint density at radius 1 is 1.25 bits per heavy atom. The summed E-state index contributed by atoms with van der Waals surface area (Å²) in [7, 11) is 0. The average Bonchev–Trinajstić information content (AvgIpc) is 3.09. The van der Waals surface area contributed by atoms with E-state index in [2.05, 4.69) is 19.2 Å². The maximum Gasteiger partial charge on any atom is 0.306 e. The van der Waals surface area contributed by atoms with E-state index in [1.807, 2.05) is 5.38 Å². The molecule has 0 unspecified atom stereocenters. The maximum atomic E-state index is 11.9. The van der Waals surface area contributed by atoms with Crippen LogP contribution in [0.15, 0.2) is 17.5 Å². The Hall–Kier alpha value is -1.69. The first-order valence-corrected chi connectivity index (χ1v) is 9.37. The first-order valence-electron chi connectivity index (χ1n) is 8.49. The highest BCUT2D eigenvalue weighted by atomic mass is 32.1. The van der Waals surface area contributed by atoms with Gasteiger partial charge < -0.3 is 10.1 Å². The highest BCUT2D eigenvalue weighted by molar-refractivity contribution is 7.12. The van der Waals surface area contributed by atoms with Crippen molar-refractivity contribution in [2.45, 2.75) is 52.0 Å². The highest BCUT2D eigenvalue weighted by Crippen LogP contribution is 2.29. The number of ether oxygens (including phenoxy) is 1. The van der Waals surface area contributed by atoms with Crippen molar-refractivity contribution < 1.29 is 19.1 Å². The van der Waals surface area contributed by atoms with Crippen molar-refractivity contribution in [3.05, 3.63) is 22.4 Å². The van der Waals surface area contributed by atoms with E-state index in [-0.39, 0.29) is 37.2 Å². The van der Waals surface area contributed by atoms with Crippen molar-refractivity contribution in [1.82, 2.24) is 5.32 Å². The van der Waals surface area contributed by atoms with Crippen molar-refractivity contribution in [3.63, 3.8) is 0 Å². The number of amides is 1. The Kier molecular flexibility index (Phi) is 6.97. The van der Waals surface area contributed by atoms with Crippen LogP contribution in [0.5, 0.6) is 0 Å². The van der Waals surface area contributed by atoms with Gasteiger partial charge in [-0.25, -0.2) is 0 Å². The van der Waals surface area contributed by atoms with E-state index in [4.69, 9.17) is 4.74 Å². The first-order chi connectivity index (χ1) is 11.5. The van der Waals surface area contributed by atoms with Gasteiger partial charge in [-0.3, -0.25) is 14.4 Å². The summed E-state index contributed by atoms with van der Waals surface area (Å²) in [5, 5.41) is 4.78. The maximum absolute atomic E-state index is 11.9. The summed E-state index contributed by atoms with van der Waals surface area (Å²) in [6, 6.07) is 3.69. The summed E-state index contributed by atoms with van der Waals surface area (Å²) in [6.45, 7) is 4.08. The second kappa shape index (κ2) is 8.97. The minimum Gasteiger partial charge on any atom is -0.456 e. The Labute approximate surface area is 146 Å². The third-order valence-corrected chi connectivity index (χ3v) is 5.68. The van der Waals surface area contributed by atoms with Gasteiger partial charge in [-0.15, -0.1) is 11.3 Å². The monoisotopic (exact) mass is 351 g/mol. The van der Waals surface area contributed by atoms with Crippen molar-refractivity contribution in [3.8, 4) is 0 Å². The van der Waals surface area contributed by atoms with Crippen molar-refractivity contribution in [2.24, 2.45) is 11.8 Å². The highest BCUT2D eigenvalue weighted by Gasteiger charge is 2.28. The second-order valence-electron chi connectivity index (χ2n) is 6.50. The Morgan fingerprint density at radius 3 is 2.75 bits per heavy atom. The summed E-state index contributed by atoms with van der Waals surface area (Å²) < 4.78 is 4.98. The van der Waals surface area contributed by atoms with Crippen LogP contribution in [-0.2, 0) is 14.3 Å². The van der Waals surface area contributed by atoms with E-state index in [1.54, 1.807) is 12.1 Å². The second-order valence-corrected chi connectivity index (χ2v) is 7.45. The van der Waals surface area contributed by atoms with Crippen LogP contribution in [0.2, 0.25) is 0 Å². The summed E-state index contributed by atoms with van der Waals surface area (Å²) >= 11 is 1.35. The number of carbonyl (C=O) groups excluding carboxylic acids is 3. The molecule has 0 aliphatic heterocycles. The molecule has 1 aliphatic rings.